The number of aliphatic hydroxyl groups is 1. The van der Waals surface area contributed by atoms with Crippen molar-refractivity contribution in [1.82, 2.24) is 9.80 Å². The third-order valence-electron chi connectivity index (χ3n) is 7.01. The Hall–Kier alpha value is -1.87. The number of hydrogen-bond acceptors (Lipinski definition) is 8. The first-order valence-corrected chi connectivity index (χ1v) is 11.5. The summed E-state index contributed by atoms with van der Waals surface area (Å²) in [6, 6.07) is -0.396. The Kier molecular flexibility index (Phi) is 8.16. The molecule has 0 aromatic heterocycles. The van der Waals surface area contributed by atoms with Gasteiger partial charge in [-0.1, -0.05) is 0 Å². The van der Waals surface area contributed by atoms with Gasteiger partial charge >= 0.3 is 18.0 Å². The Balaban J connectivity index is 1.68. The van der Waals surface area contributed by atoms with Crippen LogP contribution in [0.4, 0.5) is 4.79 Å². The number of piperidine rings is 2. The van der Waals surface area contributed by atoms with E-state index in [0.29, 0.717) is 45.0 Å². The third kappa shape index (κ3) is 5.49. The fourth-order valence-electron chi connectivity index (χ4n) is 5.57. The molecule has 1 aliphatic carbocycles. The van der Waals surface area contributed by atoms with Crippen LogP contribution in [-0.4, -0.2) is 91.1 Å². The van der Waals surface area contributed by atoms with Crippen LogP contribution in [0.1, 0.15) is 46.0 Å². The number of esters is 2. The van der Waals surface area contributed by atoms with Gasteiger partial charge in [0.15, 0.2) is 0 Å². The molecule has 9 heteroatoms. The van der Waals surface area contributed by atoms with Crippen LogP contribution in [0.5, 0.6) is 0 Å². The number of amides is 1. The maximum atomic E-state index is 12.5. The highest BCUT2D eigenvalue weighted by molar-refractivity contribution is 5.81. The Morgan fingerprint density at radius 2 is 1.61 bits per heavy atom. The summed E-state index contributed by atoms with van der Waals surface area (Å²) in [5.41, 5.74) is 0. The van der Waals surface area contributed by atoms with Crippen LogP contribution in [0.3, 0.4) is 0 Å². The van der Waals surface area contributed by atoms with Gasteiger partial charge in [0.1, 0.15) is 6.04 Å². The molecule has 9 nitrogen and oxygen atoms in total. The summed E-state index contributed by atoms with van der Waals surface area (Å²) in [6.07, 6.45) is 2.68. The molecule has 1 amide bonds. The molecule has 0 bridgehead atoms. The largest absolute Gasteiger partial charge is 0.466 e. The number of aliphatic hydroxyl groups excluding tert-OH is 1. The molecule has 0 radical (unpaired) electrons. The number of carbonyl (C=O) groups is 3. The van der Waals surface area contributed by atoms with E-state index in [2.05, 4.69) is 4.90 Å². The molecule has 31 heavy (non-hydrogen) atoms. The van der Waals surface area contributed by atoms with Crippen molar-refractivity contribution in [3.8, 4) is 0 Å². The molecule has 6 atom stereocenters. The van der Waals surface area contributed by atoms with Crippen molar-refractivity contribution in [2.75, 3.05) is 40.0 Å². The summed E-state index contributed by atoms with van der Waals surface area (Å²) in [6.45, 7) is 5.77. The molecule has 0 aromatic rings. The average Bonchev–Trinajstić information content (AvgIpc) is 2.77. The molecular formula is C22H36N2O7. The maximum absolute atomic E-state index is 12.5. The lowest BCUT2D eigenvalue weighted by Gasteiger charge is -2.49. The minimum absolute atomic E-state index is 0.237. The van der Waals surface area contributed by atoms with Gasteiger partial charge in [-0.15, -0.1) is 0 Å². The van der Waals surface area contributed by atoms with Gasteiger partial charge in [0.2, 0.25) is 0 Å². The van der Waals surface area contributed by atoms with Crippen molar-refractivity contribution in [1.29, 1.82) is 0 Å². The van der Waals surface area contributed by atoms with E-state index < -0.39 is 18.2 Å². The molecule has 1 N–H and O–H groups in total. The van der Waals surface area contributed by atoms with Crippen molar-refractivity contribution in [2.45, 2.75) is 64.1 Å². The second-order valence-electron chi connectivity index (χ2n) is 8.91. The number of β-amino-alcohol motifs (C(OH)–C–C–N with tert-alkyl or cyclic N) is 1. The van der Waals surface area contributed by atoms with Crippen molar-refractivity contribution >= 4 is 18.0 Å². The monoisotopic (exact) mass is 440 g/mol. The smallest absolute Gasteiger partial charge is 0.410 e. The van der Waals surface area contributed by atoms with Gasteiger partial charge in [-0.25, -0.2) is 9.59 Å². The number of fused-ring (bicyclic) bond motifs is 1. The highest BCUT2D eigenvalue weighted by Crippen LogP contribution is 2.41. The number of hydrogen-bond donors (Lipinski definition) is 1. The molecule has 2 aliphatic heterocycles. The van der Waals surface area contributed by atoms with Crippen LogP contribution >= 0.6 is 0 Å². The second-order valence-corrected chi connectivity index (χ2v) is 8.91. The van der Waals surface area contributed by atoms with E-state index in [-0.39, 0.29) is 36.4 Å². The first-order chi connectivity index (χ1) is 14.9. The topological polar surface area (TPSA) is 106 Å². The molecule has 3 aliphatic rings. The van der Waals surface area contributed by atoms with Gasteiger partial charge in [0, 0.05) is 25.7 Å². The molecule has 0 aromatic carbocycles. The van der Waals surface area contributed by atoms with Gasteiger partial charge in [0.25, 0.3) is 0 Å². The van der Waals surface area contributed by atoms with E-state index in [1.54, 1.807) is 13.8 Å². The molecule has 4 unspecified atom stereocenters. The molecule has 2 heterocycles. The fourth-order valence-corrected chi connectivity index (χ4v) is 5.57. The lowest BCUT2D eigenvalue weighted by atomic mass is 9.70. The second kappa shape index (κ2) is 10.6. The molecule has 0 spiro atoms. The zero-order valence-electron chi connectivity index (χ0n) is 18.8. The number of rotatable bonds is 5. The predicted molar refractivity (Wildman–Crippen MR) is 111 cm³/mol. The average molecular weight is 441 g/mol. The molecule has 1 saturated carbocycles. The van der Waals surface area contributed by atoms with Crippen LogP contribution in [0.2, 0.25) is 0 Å². The van der Waals surface area contributed by atoms with Crippen molar-refractivity contribution in [3.05, 3.63) is 0 Å². The van der Waals surface area contributed by atoms with Crippen LogP contribution in [0.15, 0.2) is 0 Å². The number of nitrogens with zero attached hydrogens (tertiary/aromatic N) is 2. The lowest BCUT2D eigenvalue weighted by molar-refractivity contribution is -0.155. The van der Waals surface area contributed by atoms with E-state index >= 15 is 0 Å². The Morgan fingerprint density at radius 3 is 2.29 bits per heavy atom. The molecule has 2 saturated heterocycles. The van der Waals surface area contributed by atoms with E-state index in [0.717, 1.165) is 19.3 Å². The number of carbonyl (C=O) groups excluding carboxylic acids is 3. The zero-order valence-corrected chi connectivity index (χ0v) is 18.8. The predicted octanol–water partition coefficient (Wildman–Crippen LogP) is 1.42. The Morgan fingerprint density at radius 1 is 0.903 bits per heavy atom. The number of ether oxygens (including phenoxy) is 3. The van der Waals surface area contributed by atoms with Crippen LogP contribution in [-0.2, 0) is 23.8 Å². The summed E-state index contributed by atoms with van der Waals surface area (Å²) < 4.78 is 15.3. The van der Waals surface area contributed by atoms with Crippen LogP contribution < -0.4 is 0 Å². The maximum Gasteiger partial charge on any atom is 0.410 e. The van der Waals surface area contributed by atoms with Gasteiger partial charge in [0.05, 0.1) is 32.3 Å². The van der Waals surface area contributed by atoms with E-state index in [4.69, 9.17) is 14.2 Å². The number of methoxy groups -OCH3 is 1. The first kappa shape index (κ1) is 23.8. The van der Waals surface area contributed by atoms with E-state index in [1.165, 1.54) is 12.0 Å². The first-order valence-electron chi connectivity index (χ1n) is 11.5. The normalized spacial score (nSPS) is 33.9. The molecular weight excluding hydrogens is 404 g/mol. The highest BCUT2D eigenvalue weighted by atomic mass is 16.6. The summed E-state index contributed by atoms with van der Waals surface area (Å²) in [7, 11) is 1.33. The fraction of sp³-hybridized carbons (Fsp3) is 0.864. The van der Waals surface area contributed by atoms with Crippen molar-refractivity contribution < 1.29 is 33.7 Å². The van der Waals surface area contributed by atoms with Crippen LogP contribution in [0.25, 0.3) is 0 Å². The summed E-state index contributed by atoms with van der Waals surface area (Å²) in [4.78, 5) is 40.8. The summed E-state index contributed by atoms with van der Waals surface area (Å²) >= 11 is 0. The number of likely N-dealkylation sites (tertiary alicyclic amines) is 2. The standard InChI is InChI=1S/C22H36N2O7/c1-4-30-20(26)16-9-18(25)13-23(11-16)17-7-6-14-12-24(22(28)29-3)19(10-15(14)8-17)21(27)31-5-2/h14-19,25H,4-13H2,1-3H3/t14?,15?,16-,17?,18-,19?/m1/s1. The summed E-state index contributed by atoms with van der Waals surface area (Å²) in [5, 5.41) is 10.4. The Labute approximate surface area is 184 Å². The quantitative estimate of drug-likeness (QED) is 0.505. The van der Waals surface area contributed by atoms with Crippen molar-refractivity contribution in [3.63, 3.8) is 0 Å². The van der Waals surface area contributed by atoms with E-state index in [1.807, 2.05) is 0 Å². The van der Waals surface area contributed by atoms with Crippen molar-refractivity contribution in [2.24, 2.45) is 17.8 Å². The SMILES string of the molecule is CCOC(=O)C1CC2CC(N3C[C@H](O)C[C@@H](C(=O)OCC)C3)CCC2CN1C(=O)OC. The molecule has 3 fully saturated rings. The molecule has 3 rings (SSSR count). The third-order valence-corrected chi connectivity index (χ3v) is 7.01. The van der Waals surface area contributed by atoms with Gasteiger partial charge in [-0.2, -0.15) is 0 Å². The van der Waals surface area contributed by atoms with Gasteiger partial charge < -0.3 is 19.3 Å². The van der Waals surface area contributed by atoms with E-state index in [9.17, 15) is 19.5 Å². The minimum atomic E-state index is -0.633. The highest BCUT2D eigenvalue weighted by Gasteiger charge is 2.46. The van der Waals surface area contributed by atoms with Crippen LogP contribution in [0, 0.1) is 17.8 Å². The van der Waals surface area contributed by atoms with Gasteiger partial charge in [-0.3, -0.25) is 14.6 Å². The zero-order chi connectivity index (χ0) is 22.5. The minimum Gasteiger partial charge on any atom is -0.466 e. The van der Waals surface area contributed by atoms with Gasteiger partial charge in [-0.05, 0) is 57.8 Å². The molecule has 176 valence electrons. The summed E-state index contributed by atoms with van der Waals surface area (Å²) in [5.74, 6) is -0.362. The Bertz CT molecular complexity index is 658. The lowest BCUT2D eigenvalue weighted by Crippen LogP contribution is -2.57.